The zero-order valence-corrected chi connectivity index (χ0v) is 14.4. The van der Waals surface area contributed by atoms with Gasteiger partial charge in [-0.3, -0.25) is 0 Å². The highest BCUT2D eigenvalue weighted by Gasteiger charge is 2.28. The van der Waals surface area contributed by atoms with Gasteiger partial charge < -0.3 is 8.37 Å². The lowest BCUT2D eigenvalue weighted by Gasteiger charge is -2.09. The van der Waals surface area contributed by atoms with Gasteiger partial charge in [0.25, 0.3) is 0 Å². The van der Waals surface area contributed by atoms with E-state index in [1.54, 1.807) is 12.1 Å². The first-order valence-electron chi connectivity index (χ1n) is 6.68. The molecule has 0 aliphatic carbocycles. The Morgan fingerprint density at radius 1 is 0.708 bits per heavy atom. The van der Waals surface area contributed by atoms with E-state index in [0.717, 1.165) is 0 Å². The van der Waals surface area contributed by atoms with Gasteiger partial charge in [-0.2, -0.15) is 16.8 Å². The number of rotatable bonds is 4. The molecular formula is C15H14O7S2. The molecule has 0 heterocycles. The maximum Gasteiger partial charge on any atom is 0.540 e. The molecular weight excluding hydrogens is 356 g/mol. The summed E-state index contributed by atoms with van der Waals surface area (Å²) in [4.78, 5) is 11.1. The van der Waals surface area contributed by atoms with Crippen LogP contribution >= 0.6 is 0 Å². The van der Waals surface area contributed by atoms with Crippen LogP contribution in [0.15, 0.2) is 58.3 Å². The molecule has 0 atom stereocenters. The minimum Gasteiger partial charge on any atom is -0.307 e. The molecule has 0 aliphatic rings. The summed E-state index contributed by atoms with van der Waals surface area (Å²) in [6, 6.07) is 11.6. The molecule has 128 valence electrons. The smallest absolute Gasteiger partial charge is 0.307 e. The van der Waals surface area contributed by atoms with Crippen LogP contribution in [0.4, 0.5) is 4.79 Å². The molecule has 9 heteroatoms. The third kappa shape index (κ3) is 3.92. The van der Waals surface area contributed by atoms with Crippen LogP contribution in [-0.4, -0.2) is 23.0 Å². The van der Waals surface area contributed by atoms with Gasteiger partial charge in [0.15, 0.2) is 0 Å². The molecule has 0 N–H and O–H groups in total. The van der Waals surface area contributed by atoms with Crippen molar-refractivity contribution in [1.29, 1.82) is 0 Å². The van der Waals surface area contributed by atoms with Gasteiger partial charge in [-0.25, -0.2) is 4.79 Å². The number of carbonyl (C=O) groups is 1. The number of hydrogen-bond acceptors (Lipinski definition) is 7. The van der Waals surface area contributed by atoms with Crippen molar-refractivity contribution >= 4 is 26.4 Å². The van der Waals surface area contributed by atoms with E-state index >= 15 is 0 Å². The summed E-state index contributed by atoms with van der Waals surface area (Å²) in [5.41, 5.74) is 0.680. The van der Waals surface area contributed by atoms with Crippen LogP contribution < -0.4 is 0 Å². The summed E-state index contributed by atoms with van der Waals surface area (Å²) in [5.74, 6) is 0. The standard InChI is InChI=1S/C15H14O7S2/c1-11-7-3-5-9-13(11)23(17,18)21-15(16)22-24(19,20)14-10-6-4-8-12(14)2/h3-10H,1-2H3. The Morgan fingerprint density at radius 2 is 1.04 bits per heavy atom. The summed E-state index contributed by atoms with van der Waals surface area (Å²) in [7, 11) is -8.99. The predicted octanol–water partition coefficient (Wildman–Crippen LogP) is 2.53. The molecule has 0 saturated carbocycles. The lowest BCUT2D eigenvalue weighted by molar-refractivity contribution is 0.157. The van der Waals surface area contributed by atoms with Crippen molar-refractivity contribution in [2.45, 2.75) is 23.6 Å². The summed E-state index contributed by atoms with van der Waals surface area (Å²) in [5, 5.41) is 0. The van der Waals surface area contributed by atoms with Crippen LogP contribution in [0, 0.1) is 13.8 Å². The van der Waals surface area contributed by atoms with Crippen LogP contribution in [-0.2, 0) is 28.6 Å². The number of benzene rings is 2. The summed E-state index contributed by atoms with van der Waals surface area (Å²) >= 11 is 0. The third-order valence-corrected chi connectivity index (χ3v) is 5.79. The second-order valence-electron chi connectivity index (χ2n) is 4.86. The van der Waals surface area contributed by atoms with Crippen molar-refractivity contribution in [2.24, 2.45) is 0 Å². The van der Waals surface area contributed by atoms with Crippen LogP contribution in [0.25, 0.3) is 0 Å². The molecule has 2 rings (SSSR count). The van der Waals surface area contributed by atoms with Crippen molar-refractivity contribution < 1.29 is 30.0 Å². The van der Waals surface area contributed by atoms with E-state index in [4.69, 9.17) is 0 Å². The molecule has 7 nitrogen and oxygen atoms in total. The average molecular weight is 370 g/mol. The first kappa shape index (κ1) is 18.0. The van der Waals surface area contributed by atoms with Gasteiger partial charge >= 0.3 is 26.4 Å². The highest BCUT2D eigenvalue weighted by Crippen LogP contribution is 2.20. The molecule has 24 heavy (non-hydrogen) atoms. The van der Waals surface area contributed by atoms with Crippen LogP contribution in [0.5, 0.6) is 0 Å². The number of hydrogen-bond donors (Lipinski definition) is 0. The van der Waals surface area contributed by atoms with Crippen molar-refractivity contribution in [1.82, 2.24) is 0 Å². The molecule has 2 aromatic carbocycles. The molecule has 0 unspecified atom stereocenters. The van der Waals surface area contributed by atoms with Crippen molar-refractivity contribution in [3.8, 4) is 0 Å². The van der Waals surface area contributed by atoms with E-state index in [0.29, 0.717) is 11.1 Å². The largest absolute Gasteiger partial charge is 0.540 e. The summed E-state index contributed by atoms with van der Waals surface area (Å²) in [6.07, 6.45) is -1.85. The maximum absolute atomic E-state index is 12.0. The van der Waals surface area contributed by atoms with Crippen molar-refractivity contribution in [2.75, 3.05) is 0 Å². The highest BCUT2D eigenvalue weighted by molar-refractivity contribution is 7.88. The Labute approximate surface area is 140 Å². The molecule has 0 radical (unpaired) electrons. The zero-order valence-electron chi connectivity index (χ0n) is 12.8. The van der Waals surface area contributed by atoms with E-state index < -0.39 is 26.4 Å². The molecule has 0 aliphatic heterocycles. The minimum atomic E-state index is -4.49. The average Bonchev–Trinajstić information content (AvgIpc) is 2.46. The Morgan fingerprint density at radius 3 is 1.38 bits per heavy atom. The first-order valence-corrected chi connectivity index (χ1v) is 9.49. The highest BCUT2D eigenvalue weighted by atomic mass is 32.2. The van der Waals surface area contributed by atoms with Crippen molar-refractivity contribution in [3.05, 3.63) is 59.7 Å². The van der Waals surface area contributed by atoms with E-state index in [-0.39, 0.29) is 9.79 Å². The topological polar surface area (TPSA) is 104 Å². The van der Waals surface area contributed by atoms with E-state index in [9.17, 15) is 21.6 Å². The quantitative estimate of drug-likeness (QED) is 0.762. The monoisotopic (exact) mass is 370 g/mol. The minimum absolute atomic E-state index is 0.254. The molecule has 2 aromatic rings. The fourth-order valence-corrected chi connectivity index (χ4v) is 4.02. The van der Waals surface area contributed by atoms with Gasteiger partial charge in [0, 0.05) is 0 Å². The van der Waals surface area contributed by atoms with Gasteiger partial charge in [0.2, 0.25) is 0 Å². The second-order valence-corrected chi connectivity index (χ2v) is 7.89. The Hall–Kier alpha value is -2.39. The van der Waals surface area contributed by atoms with Crippen LogP contribution in [0.2, 0.25) is 0 Å². The molecule has 0 saturated heterocycles. The molecule has 0 fully saturated rings. The van der Waals surface area contributed by atoms with E-state index in [1.165, 1.54) is 50.2 Å². The lowest BCUT2D eigenvalue weighted by Crippen LogP contribution is -2.19. The second kappa shape index (κ2) is 6.62. The fraction of sp³-hybridized carbons (Fsp3) is 0.133. The zero-order chi connectivity index (χ0) is 18.0. The summed E-state index contributed by atoms with van der Waals surface area (Å²) < 4.78 is 56.6. The predicted molar refractivity (Wildman–Crippen MR) is 84.3 cm³/mol. The van der Waals surface area contributed by atoms with E-state index in [1.807, 2.05) is 0 Å². The van der Waals surface area contributed by atoms with Crippen LogP contribution in [0.3, 0.4) is 0 Å². The van der Waals surface area contributed by atoms with Gasteiger partial charge in [-0.05, 0) is 37.1 Å². The normalized spacial score (nSPS) is 11.8. The fourth-order valence-electron chi connectivity index (χ4n) is 1.96. The van der Waals surface area contributed by atoms with E-state index in [2.05, 4.69) is 8.37 Å². The first-order chi connectivity index (χ1) is 11.1. The third-order valence-electron chi connectivity index (χ3n) is 3.08. The van der Waals surface area contributed by atoms with Gasteiger partial charge in [0.1, 0.15) is 9.79 Å². The van der Waals surface area contributed by atoms with Gasteiger partial charge in [0.05, 0.1) is 0 Å². The molecule has 0 aromatic heterocycles. The Kier molecular flexibility index (Phi) is 4.95. The Balaban J connectivity index is 2.22. The maximum atomic E-state index is 12.0. The SMILES string of the molecule is Cc1ccccc1S(=O)(=O)OC(=O)OS(=O)(=O)c1ccccc1C. The molecule has 0 bridgehead atoms. The van der Waals surface area contributed by atoms with Crippen molar-refractivity contribution in [3.63, 3.8) is 0 Å². The Bertz CT molecular complexity index is 897. The number of aryl methyl sites for hydroxylation is 2. The molecule has 0 amide bonds. The summed E-state index contributed by atoms with van der Waals surface area (Å²) in [6.45, 7) is 3.01. The van der Waals surface area contributed by atoms with Crippen LogP contribution in [0.1, 0.15) is 11.1 Å². The number of carbonyl (C=O) groups excluding carboxylic acids is 1. The van der Waals surface area contributed by atoms with Gasteiger partial charge in [-0.1, -0.05) is 36.4 Å². The van der Waals surface area contributed by atoms with Gasteiger partial charge in [-0.15, -0.1) is 0 Å². The molecule has 0 spiro atoms. The lowest BCUT2D eigenvalue weighted by atomic mass is 10.2.